The molecule has 5 N–H and O–H groups in total. The highest BCUT2D eigenvalue weighted by Gasteiger charge is 2.12. The van der Waals surface area contributed by atoms with E-state index in [-0.39, 0.29) is 6.61 Å². The number of ether oxygens (including phenoxy) is 2. The molecule has 114 valence electrons. The number of urea groups is 1. The van der Waals surface area contributed by atoms with Crippen molar-refractivity contribution in [2.24, 2.45) is 16.6 Å². The van der Waals surface area contributed by atoms with E-state index in [0.29, 0.717) is 28.1 Å². The summed E-state index contributed by atoms with van der Waals surface area (Å²) < 4.78 is 11.3. The van der Waals surface area contributed by atoms with E-state index in [4.69, 9.17) is 20.9 Å². The first kappa shape index (κ1) is 16.8. The topological polar surface area (TPSA) is 129 Å². The van der Waals surface area contributed by atoms with Crippen LogP contribution in [0.3, 0.4) is 0 Å². The maximum Gasteiger partial charge on any atom is 0.332 e. The van der Waals surface area contributed by atoms with Crippen LogP contribution in [-0.2, 0) is 4.79 Å². The fourth-order valence-corrected chi connectivity index (χ4v) is 1.95. The maximum absolute atomic E-state index is 10.8. The molecule has 0 bridgehead atoms. The van der Waals surface area contributed by atoms with Gasteiger partial charge in [0.1, 0.15) is 0 Å². The average molecular weight is 359 g/mol. The second kappa shape index (κ2) is 8.10. The van der Waals surface area contributed by atoms with Crippen molar-refractivity contribution < 1.29 is 19.1 Å². The number of nitrogens with zero attached hydrogens (tertiary/aromatic N) is 1. The molecule has 1 rings (SSSR count). The molecule has 0 atom stereocenters. The summed E-state index contributed by atoms with van der Waals surface area (Å²) in [5.74, 6) is 0.171. The Kier molecular flexibility index (Phi) is 6.47. The minimum Gasteiger partial charge on any atom is -0.490 e. The van der Waals surface area contributed by atoms with Crippen molar-refractivity contribution in [2.45, 2.75) is 6.92 Å². The lowest BCUT2D eigenvalue weighted by Crippen LogP contribution is -2.24. The lowest BCUT2D eigenvalue weighted by Gasteiger charge is -2.13. The third kappa shape index (κ3) is 5.69. The smallest absolute Gasteiger partial charge is 0.332 e. The molecule has 9 heteroatoms. The number of amides is 3. The molecule has 3 amide bonds. The molecule has 0 aliphatic heterocycles. The summed E-state index contributed by atoms with van der Waals surface area (Å²) >= 11 is 3.31. The Morgan fingerprint density at radius 2 is 2.10 bits per heavy atom. The molecule has 0 aliphatic carbocycles. The number of nitrogens with two attached hydrogens (primary N) is 2. The minimum atomic E-state index is -0.767. The number of rotatable bonds is 7. The van der Waals surface area contributed by atoms with Crippen molar-refractivity contribution in [1.82, 2.24) is 5.43 Å². The second-order valence-corrected chi connectivity index (χ2v) is 4.61. The summed E-state index contributed by atoms with van der Waals surface area (Å²) in [6.07, 6.45) is 1.38. The zero-order valence-electron chi connectivity index (χ0n) is 11.3. The van der Waals surface area contributed by atoms with E-state index in [1.807, 2.05) is 0 Å². The molecule has 0 radical (unpaired) electrons. The Labute approximate surface area is 129 Å². The molecule has 0 aliphatic rings. The molecule has 0 aromatic heterocycles. The van der Waals surface area contributed by atoms with E-state index >= 15 is 0 Å². The molecule has 0 unspecified atom stereocenters. The van der Waals surface area contributed by atoms with Gasteiger partial charge in [0, 0.05) is 0 Å². The van der Waals surface area contributed by atoms with Crippen LogP contribution in [0.1, 0.15) is 12.5 Å². The largest absolute Gasteiger partial charge is 0.490 e. The molecule has 0 saturated heterocycles. The highest BCUT2D eigenvalue weighted by Crippen LogP contribution is 2.36. The molecular formula is C12H15BrN4O4. The van der Waals surface area contributed by atoms with Crippen molar-refractivity contribution in [2.75, 3.05) is 13.2 Å². The van der Waals surface area contributed by atoms with Crippen LogP contribution in [0.4, 0.5) is 4.79 Å². The van der Waals surface area contributed by atoms with E-state index < -0.39 is 11.9 Å². The van der Waals surface area contributed by atoms with Crippen molar-refractivity contribution >= 4 is 34.1 Å². The monoisotopic (exact) mass is 358 g/mol. The van der Waals surface area contributed by atoms with Gasteiger partial charge >= 0.3 is 6.03 Å². The summed E-state index contributed by atoms with van der Waals surface area (Å²) in [6, 6.07) is 2.54. The van der Waals surface area contributed by atoms with Crippen molar-refractivity contribution in [1.29, 1.82) is 0 Å². The van der Waals surface area contributed by atoms with E-state index in [0.717, 1.165) is 0 Å². The third-order valence-corrected chi connectivity index (χ3v) is 2.67. The first-order valence-corrected chi connectivity index (χ1v) is 6.69. The third-order valence-electron chi connectivity index (χ3n) is 2.08. The van der Waals surface area contributed by atoms with Gasteiger partial charge in [0.05, 0.1) is 17.3 Å². The summed E-state index contributed by atoms with van der Waals surface area (Å²) in [7, 11) is 0. The van der Waals surface area contributed by atoms with Gasteiger partial charge in [0.2, 0.25) is 0 Å². The summed E-state index contributed by atoms with van der Waals surface area (Å²) in [5.41, 5.74) is 12.6. The first-order chi connectivity index (χ1) is 9.93. The van der Waals surface area contributed by atoms with Crippen LogP contribution in [0.25, 0.3) is 0 Å². The van der Waals surface area contributed by atoms with E-state index in [1.54, 1.807) is 19.1 Å². The lowest BCUT2D eigenvalue weighted by atomic mass is 10.2. The Morgan fingerprint density at radius 3 is 2.67 bits per heavy atom. The van der Waals surface area contributed by atoms with Crippen molar-refractivity contribution in [3.05, 3.63) is 22.2 Å². The number of primary amides is 2. The number of halogens is 1. The van der Waals surface area contributed by atoms with Gasteiger partial charge in [-0.2, -0.15) is 5.10 Å². The summed E-state index contributed by atoms with van der Waals surface area (Å²) in [5, 5.41) is 3.65. The van der Waals surface area contributed by atoms with Gasteiger partial charge in [-0.25, -0.2) is 10.2 Å². The number of nitrogens with one attached hydrogen (secondary N) is 1. The van der Waals surface area contributed by atoms with E-state index in [9.17, 15) is 9.59 Å². The molecule has 1 aromatic rings. The Bertz CT molecular complexity index is 562. The SMILES string of the molecule is CCOc1cc(/C=N/NC(N)=O)cc(Br)c1OCC(N)=O. The fourth-order valence-electron chi connectivity index (χ4n) is 1.38. The van der Waals surface area contributed by atoms with Gasteiger partial charge in [0.25, 0.3) is 5.91 Å². The highest BCUT2D eigenvalue weighted by molar-refractivity contribution is 9.10. The number of benzene rings is 1. The molecule has 8 nitrogen and oxygen atoms in total. The van der Waals surface area contributed by atoms with Crippen LogP contribution in [0.15, 0.2) is 21.7 Å². The molecule has 0 heterocycles. The number of hydrazone groups is 1. The van der Waals surface area contributed by atoms with Crippen LogP contribution in [-0.4, -0.2) is 31.4 Å². The van der Waals surface area contributed by atoms with E-state index in [1.165, 1.54) is 6.21 Å². The standard InChI is InChI=1S/C12H15BrN4O4/c1-2-20-9-4-7(5-16-17-12(15)19)3-8(13)11(9)21-6-10(14)18/h3-5H,2,6H2,1H3,(H2,14,18)(H3,15,17,19)/b16-5+. The van der Waals surface area contributed by atoms with Crippen LogP contribution >= 0.6 is 15.9 Å². The lowest BCUT2D eigenvalue weighted by molar-refractivity contribution is -0.119. The summed E-state index contributed by atoms with van der Waals surface area (Å²) in [6.45, 7) is 1.94. The number of carbonyl (C=O) groups excluding carboxylic acids is 2. The molecule has 0 spiro atoms. The molecule has 0 saturated carbocycles. The molecule has 21 heavy (non-hydrogen) atoms. The van der Waals surface area contributed by atoms with Crippen LogP contribution in [0.2, 0.25) is 0 Å². The Morgan fingerprint density at radius 1 is 1.38 bits per heavy atom. The first-order valence-electron chi connectivity index (χ1n) is 5.90. The molecular weight excluding hydrogens is 344 g/mol. The normalized spacial score (nSPS) is 10.4. The Balaban J connectivity index is 3.02. The number of carbonyl (C=O) groups is 2. The van der Waals surface area contributed by atoms with Crippen LogP contribution in [0.5, 0.6) is 11.5 Å². The maximum atomic E-state index is 10.8. The average Bonchev–Trinajstić information content (AvgIpc) is 2.37. The number of hydrogen-bond donors (Lipinski definition) is 3. The van der Waals surface area contributed by atoms with Gasteiger partial charge in [-0.1, -0.05) is 0 Å². The number of hydrogen-bond acceptors (Lipinski definition) is 5. The van der Waals surface area contributed by atoms with Gasteiger partial charge in [-0.15, -0.1) is 0 Å². The van der Waals surface area contributed by atoms with Crippen LogP contribution in [0, 0.1) is 0 Å². The molecule has 1 aromatic carbocycles. The van der Waals surface area contributed by atoms with Gasteiger partial charge in [-0.05, 0) is 40.5 Å². The quantitative estimate of drug-likeness (QED) is 0.489. The van der Waals surface area contributed by atoms with Crippen molar-refractivity contribution in [3.8, 4) is 11.5 Å². The predicted molar refractivity (Wildman–Crippen MR) is 80.3 cm³/mol. The minimum absolute atomic E-state index is 0.269. The Hall–Kier alpha value is -2.29. The molecule has 0 fully saturated rings. The fraction of sp³-hybridized carbons (Fsp3) is 0.250. The summed E-state index contributed by atoms with van der Waals surface area (Å²) in [4.78, 5) is 21.3. The van der Waals surface area contributed by atoms with Gasteiger partial charge in [0.15, 0.2) is 18.1 Å². The van der Waals surface area contributed by atoms with Crippen LogP contribution < -0.4 is 26.4 Å². The van der Waals surface area contributed by atoms with E-state index in [2.05, 4.69) is 26.5 Å². The van der Waals surface area contributed by atoms with Gasteiger partial charge in [-0.3, -0.25) is 4.79 Å². The zero-order valence-corrected chi connectivity index (χ0v) is 12.8. The zero-order chi connectivity index (χ0) is 15.8. The highest BCUT2D eigenvalue weighted by atomic mass is 79.9. The second-order valence-electron chi connectivity index (χ2n) is 3.75. The van der Waals surface area contributed by atoms with Gasteiger partial charge < -0.3 is 20.9 Å². The van der Waals surface area contributed by atoms with Crippen molar-refractivity contribution in [3.63, 3.8) is 0 Å². The predicted octanol–water partition coefficient (Wildman–Crippen LogP) is 0.714.